The van der Waals surface area contributed by atoms with E-state index in [1.54, 1.807) is 11.9 Å². The summed E-state index contributed by atoms with van der Waals surface area (Å²) in [6.07, 6.45) is 0.547. The molecule has 2 rings (SSSR count). The first-order valence-corrected chi connectivity index (χ1v) is 9.84. The minimum absolute atomic E-state index is 0.0169. The standard InChI is InChI=1S/C17H26N2O3S/c1-14(2)19(11-15-7-5-4-6-8-15)12-17(20)18(3)16-9-10-23(21,22)13-16/h4-8,14,16H,9-13H2,1-3H3. The van der Waals surface area contributed by atoms with Crippen LogP contribution in [0.4, 0.5) is 0 Å². The van der Waals surface area contributed by atoms with Gasteiger partial charge in [0.15, 0.2) is 9.84 Å². The van der Waals surface area contributed by atoms with E-state index in [2.05, 4.69) is 18.7 Å². The van der Waals surface area contributed by atoms with Crippen LogP contribution in [0.2, 0.25) is 0 Å². The van der Waals surface area contributed by atoms with Crippen molar-refractivity contribution in [2.75, 3.05) is 25.1 Å². The largest absolute Gasteiger partial charge is 0.341 e. The summed E-state index contributed by atoms with van der Waals surface area (Å²) in [6.45, 7) is 5.15. The van der Waals surface area contributed by atoms with Crippen molar-refractivity contribution >= 4 is 15.7 Å². The van der Waals surface area contributed by atoms with Crippen LogP contribution in [0.15, 0.2) is 30.3 Å². The zero-order valence-corrected chi connectivity index (χ0v) is 14.9. The van der Waals surface area contributed by atoms with Gasteiger partial charge >= 0.3 is 0 Å². The number of sulfone groups is 1. The van der Waals surface area contributed by atoms with Crippen LogP contribution in [0.1, 0.15) is 25.8 Å². The Bertz CT molecular complexity index is 628. The predicted octanol–water partition coefficient (Wildman–Crippen LogP) is 1.54. The Labute approximate surface area is 139 Å². The molecule has 1 amide bonds. The van der Waals surface area contributed by atoms with E-state index < -0.39 is 9.84 Å². The topological polar surface area (TPSA) is 57.7 Å². The maximum Gasteiger partial charge on any atom is 0.236 e. The van der Waals surface area contributed by atoms with Crippen LogP contribution < -0.4 is 0 Å². The molecule has 6 heteroatoms. The molecule has 0 radical (unpaired) electrons. The summed E-state index contributed by atoms with van der Waals surface area (Å²) in [4.78, 5) is 16.3. The summed E-state index contributed by atoms with van der Waals surface area (Å²) < 4.78 is 23.2. The highest BCUT2D eigenvalue weighted by Gasteiger charge is 2.33. The Kier molecular flexibility index (Phi) is 5.81. The van der Waals surface area contributed by atoms with Gasteiger partial charge in [-0.25, -0.2) is 8.42 Å². The van der Waals surface area contributed by atoms with E-state index in [0.29, 0.717) is 19.5 Å². The fourth-order valence-corrected chi connectivity index (χ4v) is 4.58. The molecule has 23 heavy (non-hydrogen) atoms. The zero-order valence-electron chi connectivity index (χ0n) is 14.1. The van der Waals surface area contributed by atoms with Gasteiger partial charge < -0.3 is 4.90 Å². The summed E-state index contributed by atoms with van der Waals surface area (Å²) >= 11 is 0. The van der Waals surface area contributed by atoms with Crippen molar-refractivity contribution < 1.29 is 13.2 Å². The summed E-state index contributed by atoms with van der Waals surface area (Å²) in [5, 5.41) is 0. The van der Waals surface area contributed by atoms with Gasteiger partial charge in [0.2, 0.25) is 5.91 Å². The van der Waals surface area contributed by atoms with Crippen LogP contribution in [0.5, 0.6) is 0 Å². The molecule has 0 spiro atoms. The highest BCUT2D eigenvalue weighted by molar-refractivity contribution is 7.91. The summed E-state index contributed by atoms with van der Waals surface area (Å²) in [5.41, 5.74) is 1.17. The second kappa shape index (κ2) is 7.45. The molecule has 0 aromatic heterocycles. The first-order chi connectivity index (χ1) is 10.8. The molecule has 1 aliphatic rings. The number of rotatable bonds is 6. The first kappa shape index (κ1) is 17.9. The lowest BCUT2D eigenvalue weighted by molar-refractivity contribution is -0.133. The molecule has 0 bridgehead atoms. The number of benzene rings is 1. The summed E-state index contributed by atoms with van der Waals surface area (Å²) in [6, 6.07) is 10.1. The van der Waals surface area contributed by atoms with Gasteiger partial charge in [0.1, 0.15) is 0 Å². The lowest BCUT2D eigenvalue weighted by atomic mass is 10.2. The van der Waals surface area contributed by atoms with Gasteiger partial charge in [0.25, 0.3) is 0 Å². The fourth-order valence-electron chi connectivity index (χ4n) is 2.81. The van der Waals surface area contributed by atoms with Gasteiger partial charge in [-0.05, 0) is 25.8 Å². The van der Waals surface area contributed by atoms with E-state index in [1.165, 1.54) is 5.56 Å². The highest BCUT2D eigenvalue weighted by atomic mass is 32.2. The number of amides is 1. The SMILES string of the molecule is CC(C)N(CC(=O)N(C)C1CCS(=O)(=O)C1)Cc1ccccc1. The Morgan fingerprint density at radius 2 is 1.91 bits per heavy atom. The molecule has 0 N–H and O–H groups in total. The molecule has 0 aliphatic carbocycles. The zero-order chi connectivity index (χ0) is 17.0. The Balaban J connectivity index is 1.98. The second-order valence-electron chi connectivity index (χ2n) is 6.55. The maximum atomic E-state index is 12.5. The first-order valence-electron chi connectivity index (χ1n) is 8.02. The van der Waals surface area contributed by atoms with Crippen molar-refractivity contribution in [3.63, 3.8) is 0 Å². The van der Waals surface area contributed by atoms with E-state index >= 15 is 0 Å². The molecule has 1 atom stereocenters. The second-order valence-corrected chi connectivity index (χ2v) is 8.77. The van der Waals surface area contributed by atoms with Crippen LogP contribution >= 0.6 is 0 Å². The van der Waals surface area contributed by atoms with Crippen LogP contribution in [0.3, 0.4) is 0 Å². The normalized spacial score (nSPS) is 20.1. The van der Waals surface area contributed by atoms with Crippen molar-refractivity contribution in [3.8, 4) is 0 Å². The van der Waals surface area contributed by atoms with Gasteiger partial charge in [-0.3, -0.25) is 9.69 Å². The van der Waals surface area contributed by atoms with Gasteiger partial charge in [0, 0.05) is 25.7 Å². The molecular formula is C17H26N2O3S. The number of hydrogen-bond donors (Lipinski definition) is 0. The third-order valence-electron chi connectivity index (χ3n) is 4.45. The minimum atomic E-state index is -2.97. The average Bonchev–Trinajstić information content (AvgIpc) is 2.86. The molecule has 128 valence electrons. The van der Waals surface area contributed by atoms with E-state index in [4.69, 9.17) is 0 Å². The molecule has 1 fully saturated rings. The van der Waals surface area contributed by atoms with E-state index in [-0.39, 0.29) is 29.5 Å². The fraction of sp³-hybridized carbons (Fsp3) is 0.588. The van der Waals surface area contributed by atoms with Crippen LogP contribution in [0.25, 0.3) is 0 Å². The van der Waals surface area contributed by atoms with E-state index in [1.807, 2.05) is 30.3 Å². The lowest BCUT2D eigenvalue weighted by Gasteiger charge is -2.30. The molecule has 1 aromatic rings. The van der Waals surface area contributed by atoms with Crippen molar-refractivity contribution in [1.82, 2.24) is 9.80 Å². The highest BCUT2D eigenvalue weighted by Crippen LogP contribution is 2.17. The summed E-state index contributed by atoms with van der Waals surface area (Å²) in [7, 11) is -1.26. The molecule has 1 aliphatic heterocycles. The quantitative estimate of drug-likeness (QED) is 0.789. The number of carbonyl (C=O) groups excluding carboxylic acids is 1. The minimum Gasteiger partial charge on any atom is -0.341 e. The van der Waals surface area contributed by atoms with Crippen molar-refractivity contribution in [2.45, 2.75) is 38.9 Å². The molecule has 1 aromatic carbocycles. The van der Waals surface area contributed by atoms with Gasteiger partial charge in [-0.2, -0.15) is 0 Å². The Morgan fingerprint density at radius 1 is 1.26 bits per heavy atom. The van der Waals surface area contributed by atoms with Crippen molar-refractivity contribution in [1.29, 1.82) is 0 Å². The third kappa shape index (κ3) is 5.04. The number of nitrogens with zero attached hydrogens (tertiary/aromatic N) is 2. The van der Waals surface area contributed by atoms with Crippen LogP contribution in [-0.4, -0.2) is 61.3 Å². The molecular weight excluding hydrogens is 312 g/mol. The third-order valence-corrected chi connectivity index (χ3v) is 6.20. The Morgan fingerprint density at radius 3 is 2.43 bits per heavy atom. The molecule has 1 unspecified atom stereocenters. The van der Waals surface area contributed by atoms with Gasteiger partial charge in [-0.15, -0.1) is 0 Å². The maximum absolute atomic E-state index is 12.5. The number of carbonyl (C=O) groups is 1. The van der Waals surface area contributed by atoms with E-state index in [0.717, 1.165) is 0 Å². The molecule has 1 heterocycles. The van der Waals surface area contributed by atoms with Crippen LogP contribution in [0, 0.1) is 0 Å². The predicted molar refractivity (Wildman–Crippen MR) is 91.8 cm³/mol. The summed E-state index contributed by atoms with van der Waals surface area (Å²) in [5.74, 6) is 0.264. The monoisotopic (exact) mass is 338 g/mol. The molecule has 5 nitrogen and oxygen atoms in total. The number of likely N-dealkylation sites (N-methyl/N-ethyl adjacent to an activating group) is 1. The number of hydrogen-bond acceptors (Lipinski definition) is 4. The van der Waals surface area contributed by atoms with Crippen LogP contribution in [-0.2, 0) is 21.2 Å². The molecule has 1 saturated heterocycles. The Hall–Kier alpha value is -1.40. The van der Waals surface area contributed by atoms with Crippen molar-refractivity contribution in [3.05, 3.63) is 35.9 Å². The molecule has 0 saturated carbocycles. The van der Waals surface area contributed by atoms with E-state index in [9.17, 15) is 13.2 Å². The van der Waals surface area contributed by atoms with Crippen molar-refractivity contribution in [2.24, 2.45) is 0 Å². The van der Waals surface area contributed by atoms with Gasteiger partial charge in [0.05, 0.1) is 18.1 Å². The average molecular weight is 338 g/mol. The van der Waals surface area contributed by atoms with Gasteiger partial charge in [-0.1, -0.05) is 30.3 Å². The lowest BCUT2D eigenvalue weighted by Crippen LogP contribution is -2.45. The smallest absolute Gasteiger partial charge is 0.236 e.